The minimum absolute atomic E-state index is 0.0210. The van der Waals surface area contributed by atoms with Crippen molar-refractivity contribution >= 4 is 23.6 Å². The number of amides is 2. The molecule has 1 aliphatic carbocycles. The molecule has 0 radical (unpaired) electrons. The summed E-state index contributed by atoms with van der Waals surface area (Å²) in [5, 5.41) is 12.9. The molecule has 2 N–H and O–H groups in total. The van der Waals surface area contributed by atoms with Gasteiger partial charge in [0.05, 0.1) is 6.54 Å². The number of likely N-dealkylation sites (N-methyl/N-ethyl adjacent to an activating group) is 1. The van der Waals surface area contributed by atoms with Gasteiger partial charge in [-0.3, -0.25) is 9.69 Å². The molecule has 1 aromatic rings. The van der Waals surface area contributed by atoms with E-state index >= 15 is 0 Å². The number of carboxylic acids is 1. The number of likely N-dealkylation sites (tertiary alicyclic amines) is 1. The van der Waals surface area contributed by atoms with E-state index in [0.717, 1.165) is 36.3 Å². The van der Waals surface area contributed by atoms with Crippen LogP contribution in [0.2, 0.25) is 5.02 Å². The van der Waals surface area contributed by atoms with Crippen molar-refractivity contribution in [2.24, 2.45) is 0 Å². The second-order valence-electron chi connectivity index (χ2n) is 7.59. The number of rotatable bonds is 7. The molecule has 148 valence electrons. The van der Waals surface area contributed by atoms with Gasteiger partial charge >= 0.3 is 12.0 Å². The number of piperidine rings is 1. The predicted molar refractivity (Wildman–Crippen MR) is 105 cm³/mol. The van der Waals surface area contributed by atoms with Crippen molar-refractivity contribution in [1.82, 2.24) is 15.1 Å². The Labute approximate surface area is 165 Å². The Bertz CT molecular complexity index is 685. The van der Waals surface area contributed by atoms with Gasteiger partial charge in [0.2, 0.25) is 0 Å². The van der Waals surface area contributed by atoms with Crippen molar-refractivity contribution in [3.8, 4) is 0 Å². The highest BCUT2D eigenvalue weighted by Crippen LogP contribution is 2.49. The van der Waals surface area contributed by atoms with Gasteiger partial charge in [-0.15, -0.1) is 0 Å². The van der Waals surface area contributed by atoms with Gasteiger partial charge in [-0.1, -0.05) is 36.7 Å². The molecule has 7 heteroatoms. The third-order valence-electron chi connectivity index (χ3n) is 5.89. The number of aliphatic carboxylic acids is 1. The highest BCUT2D eigenvalue weighted by atomic mass is 35.5. The van der Waals surface area contributed by atoms with Crippen LogP contribution in [0.3, 0.4) is 0 Å². The number of nitrogens with one attached hydrogen (secondary N) is 1. The molecule has 0 atom stereocenters. The number of carbonyl (C=O) groups is 2. The number of nitrogens with zero attached hydrogens (tertiary/aromatic N) is 2. The number of carbonyl (C=O) groups excluding carboxylic acids is 1. The molecule has 0 aromatic heterocycles. The van der Waals surface area contributed by atoms with Crippen LogP contribution in [0.1, 0.15) is 38.2 Å². The summed E-state index contributed by atoms with van der Waals surface area (Å²) in [6.45, 7) is 4.68. The van der Waals surface area contributed by atoms with E-state index in [1.807, 2.05) is 34.9 Å². The maximum absolute atomic E-state index is 12.6. The molecule has 1 saturated heterocycles. The Morgan fingerprint density at radius 1 is 1.30 bits per heavy atom. The normalized spacial score (nSPS) is 19.1. The van der Waals surface area contributed by atoms with Gasteiger partial charge in [0.15, 0.2) is 0 Å². The second kappa shape index (κ2) is 8.48. The molecule has 2 amide bonds. The van der Waals surface area contributed by atoms with Crippen molar-refractivity contribution in [3.63, 3.8) is 0 Å². The van der Waals surface area contributed by atoms with Crippen LogP contribution in [-0.4, -0.2) is 65.7 Å². The maximum Gasteiger partial charge on any atom is 0.317 e. The zero-order valence-electron chi connectivity index (χ0n) is 15.8. The summed E-state index contributed by atoms with van der Waals surface area (Å²) in [5.41, 5.74) is 1.10. The van der Waals surface area contributed by atoms with E-state index in [1.165, 1.54) is 0 Å². The van der Waals surface area contributed by atoms with Crippen LogP contribution in [-0.2, 0) is 10.2 Å². The number of halogens is 1. The summed E-state index contributed by atoms with van der Waals surface area (Å²) >= 11 is 6.34. The highest BCUT2D eigenvalue weighted by Gasteiger charge is 2.45. The van der Waals surface area contributed by atoms with E-state index in [0.29, 0.717) is 26.2 Å². The van der Waals surface area contributed by atoms with Crippen LogP contribution in [0.4, 0.5) is 4.79 Å². The number of hydrogen-bond acceptors (Lipinski definition) is 3. The van der Waals surface area contributed by atoms with Crippen molar-refractivity contribution in [2.75, 3.05) is 32.7 Å². The number of benzene rings is 1. The van der Waals surface area contributed by atoms with Crippen LogP contribution < -0.4 is 5.32 Å². The summed E-state index contributed by atoms with van der Waals surface area (Å²) in [7, 11) is 0. The van der Waals surface area contributed by atoms with Crippen molar-refractivity contribution < 1.29 is 14.7 Å². The molecule has 1 heterocycles. The molecule has 0 bridgehead atoms. The average molecular weight is 394 g/mol. The first-order valence-corrected chi connectivity index (χ1v) is 10.1. The van der Waals surface area contributed by atoms with E-state index < -0.39 is 5.97 Å². The predicted octanol–water partition coefficient (Wildman–Crippen LogP) is 2.95. The second-order valence-corrected chi connectivity index (χ2v) is 8.00. The minimum Gasteiger partial charge on any atom is -0.480 e. The Hall–Kier alpha value is -1.79. The van der Waals surface area contributed by atoms with Gasteiger partial charge in [-0.25, -0.2) is 4.79 Å². The summed E-state index contributed by atoms with van der Waals surface area (Å²) < 4.78 is 0. The lowest BCUT2D eigenvalue weighted by molar-refractivity contribution is -0.139. The molecule has 2 aliphatic rings. The molecular weight excluding hydrogens is 366 g/mol. The van der Waals surface area contributed by atoms with Gasteiger partial charge in [-0.05, 0) is 43.9 Å². The van der Waals surface area contributed by atoms with Crippen LogP contribution in [0.15, 0.2) is 24.3 Å². The fourth-order valence-electron chi connectivity index (χ4n) is 4.05. The fourth-order valence-corrected chi connectivity index (χ4v) is 4.38. The molecular formula is C20H28ClN3O3. The van der Waals surface area contributed by atoms with Crippen molar-refractivity contribution in [1.29, 1.82) is 0 Å². The standard InChI is InChI=1S/C20H28ClN3O3/c1-2-23(13-18(25)26)15-7-11-24(12-8-15)19(27)22-14-20(9-10-20)16-5-3-4-6-17(16)21/h3-6,15H,2,7-14H2,1H3,(H,22,27)(H,25,26). The van der Waals surface area contributed by atoms with E-state index in [2.05, 4.69) is 11.4 Å². The van der Waals surface area contributed by atoms with Crippen LogP contribution in [0.5, 0.6) is 0 Å². The summed E-state index contributed by atoms with van der Waals surface area (Å²) in [5.74, 6) is -0.800. The van der Waals surface area contributed by atoms with Gasteiger partial charge in [-0.2, -0.15) is 0 Å². The lowest BCUT2D eigenvalue weighted by Crippen LogP contribution is -2.51. The Balaban J connectivity index is 1.49. The van der Waals surface area contributed by atoms with Gasteiger partial charge in [0.1, 0.15) is 0 Å². The average Bonchev–Trinajstić information content (AvgIpc) is 3.45. The zero-order valence-corrected chi connectivity index (χ0v) is 16.5. The molecule has 0 spiro atoms. The summed E-state index contributed by atoms with van der Waals surface area (Å²) in [6.07, 6.45) is 3.70. The first-order chi connectivity index (χ1) is 12.9. The number of carboxylic acid groups (broad SMARTS) is 1. The number of hydrogen-bond donors (Lipinski definition) is 2. The highest BCUT2D eigenvalue weighted by molar-refractivity contribution is 6.31. The molecule has 2 fully saturated rings. The van der Waals surface area contributed by atoms with Crippen LogP contribution >= 0.6 is 11.6 Å². The summed E-state index contributed by atoms with van der Waals surface area (Å²) in [6, 6.07) is 8.06. The third kappa shape index (κ3) is 4.74. The van der Waals surface area contributed by atoms with E-state index in [1.54, 1.807) is 0 Å². The first-order valence-electron chi connectivity index (χ1n) is 9.69. The zero-order chi connectivity index (χ0) is 19.4. The maximum atomic E-state index is 12.6. The largest absolute Gasteiger partial charge is 0.480 e. The lowest BCUT2D eigenvalue weighted by Gasteiger charge is -2.37. The third-order valence-corrected chi connectivity index (χ3v) is 6.22. The number of urea groups is 1. The SMILES string of the molecule is CCN(CC(=O)O)C1CCN(C(=O)NCC2(c3ccccc3Cl)CC2)CC1. The Morgan fingerprint density at radius 3 is 2.52 bits per heavy atom. The fraction of sp³-hybridized carbons (Fsp3) is 0.600. The van der Waals surface area contributed by atoms with Gasteiger partial charge < -0.3 is 15.3 Å². The topological polar surface area (TPSA) is 72.9 Å². The monoisotopic (exact) mass is 393 g/mol. The van der Waals surface area contributed by atoms with Crippen LogP contribution in [0, 0.1) is 0 Å². The van der Waals surface area contributed by atoms with Gasteiger partial charge in [0.25, 0.3) is 0 Å². The molecule has 1 aliphatic heterocycles. The smallest absolute Gasteiger partial charge is 0.317 e. The van der Waals surface area contributed by atoms with E-state index in [4.69, 9.17) is 16.7 Å². The minimum atomic E-state index is -0.800. The van der Waals surface area contributed by atoms with Crippen molar-refractivity contribution in [2.45, 2.75) is 44.1 Å². The summed E-state index contributed by atoms with van der Waals surface area (Å²) in [4.78, 5) is 27.4. The molecule has 27 heavy (non-hydrogen) atoms. The van der Waals surface area contributed by atoms with Crippen molar-refractivity contribution in [3.05, 3.63) is 34.9 Å². The molecule has 1 saturated carbocycles. The van der Waals surface area contributed by atoms with Crippen LogP contribution in [0.25, 0.3) is 0 Å². The Morgan fingerprint density at radius 2 is 1.96 bits per heavy atom. The van der Waals surface area contributed by atoms with E-state index in [9.17, 15) is 9.59 Å². The van der Waals surface area contributed by atoms with Gasteiger partial charge in [0, 0.05) is 36.1 Å². The molecule has 0 unspecified atom stereocenters. The molecule has 3 rings (SSSR count). The quantitative estimate of drug-likeness (QED) is 0.747. The van der Waals surface area contributed by atoms with E-state index in [-0.39, 0.29) is 24.0 Å². The first kappa shape index (κ1) is 20.0. The molecule has 1 aromatic carbocycles. The Kier molecular flexibility index (Phi) is 6.27. The lowest BCUT2D eigenvalue weighted by atomic mass is 9.96. The molecule has 6 nitrogen and oxygen atoms in total.